The maximum absolute atomic E-state index is 11.6. The molecule has 0 saturated heterocycles. The fourth-order valence-corrected chi connectivity index (χ4v) is 1.68. The Balaban J connectivity index is 2.96. The first kappa shape index (κ1) is 13.4. The third kappa shape index (κ3) is 4.03. The van der Waals surface area contributed by atoms with Gasteiger partial charge in [-0.25, -0.2) is 18.1 Å². The quantitative estimate of drug-likeness (QED) is 0.849. The molecule has 0 aliphatic heterocycles. The molecule has 0 saturated carbocycles. The van der Waals surface area contributed by atoms with E-state index in [1.165, 1.54) is 12.1 Å². The van der Waals surface area contributed by atoms with E-state index in [0.717, 1.165) is 6.26 Å². The summed E-state index contributed by atoms with van der Waals surface area (Å²) < 4.78 is 28.9. The predicted octanol–water partition coefficient (Wildman–Crippen LogP) is 0.478. The Morgan fingerprint density at radius 2 is 2.12 bits per heavy atom. The van der Waals surface area contributed by atoms with Crippen molar-refractivity contribution in [3.05, 3.63) is 23.4 Å². The second-order valence-corrected chi connectivity index (χ2v) is 5.17. The molecule has 0 bridgehead atoms. The van der Waals surface area contributed by atoms with Gasteiger partial charge in [-0.15, -0.1) is 0 Å². The molecule has 0 radical (unpaired) electrons. The van der Waals surface area contributed by atoms with Crippen molar-refractivity contribution < 1.29 is 17.9 Å². The van der Waals surface area contributed by atoms with Crippen LogP contribution in [0.3, 0.4) is 0 Å². The first-order valence-electron chi connectivity index (χ1n) is 4.96. The third-order valence-electron chi connectivity index (χ3n) is 1.88. The van der Waals surface area contributed by atoms with Gasteiger partial charge >= 0.3 is 0 Å². The van der Waals surface area contributed by atoms with E-state index < -0.39 is 15.9 Å². The molecule has 1 heterocycles. The van der Waals surface area contributed by atoms with Gasteiger partial charge in [-0.3, -0.25) is 4.79 Å². The molecule has 7 heteroatoms. The minimum Gasteiger partial charge on any atom is -0.478 e. The molecule has 0 aliphatic rings. The van der Waals surface area contributed by atoms with Gasteiger partial charge in [0.05, 0.1) is 24.1 Å². The summed E-state index contributed by atoms with van der Waals surface area (Å²) in [6, 6.07) is 3.00. The highest BCUT2D eigenvalue weighted by Crippen LogP contribution is 2.12. The Morgan fingerprint density at radius 3 is 2.59 bits per heavy atom. The lowest BCUT2D eigenvalue weighted by Gasteiger charge is -2.07. The van der Waals surface area contributed by atoms with Crippen LogP contribution in [0.15, 0.2) is 12.1 Å². The molecule has 1 N–H and O–H groups in total. The summed E-state index contributed by atoms with van der Waals surface area (Å²) in [5, 5.41) is 0. The van der Waals surface area contributed by atoms with E-state index in [1.807, 2.05) is 11.6 Å². The summed E-state index contributed by atoms with van der Waals surface area (Å²) in [6.45, 7) is 3.91. The average molecular weight is 258 g/mol. The molecular weight excluding hydrogens is 244 g/mol. The largest absolute Gasteiger partial charge is 0.478 e. The van der Waals surface area contributed by atoms with Crippen molar-refractivity contribution in [1.29, 1.82) is 0 Å². The lowest BCUT2D eigenvalue weighted by molar-refractivity contribution is 0.0980. The second kappa shape index (κ2) is 5.13. The highest BCUT2D eigenvalue weighted by molar-refractivity contribution is 7.89. The fourth-order valence-electron chi connectivity index (χ4n) is 1.23. The number of ether oxygens (including phenoxy) is 1. The molecule has 17 heavy (non-hydrogen) atoms. The lowest BCUT2D eigenvalue weighted by Crippen LogP contribution is -2.30. The van der Waals surface area contributed by atoms with Gasteiger partial charge in [-0.2, -0.15) is 0 Å². The van der Waals surface area contributed by atoms with E-state index in [1.54, 1.807) is 6.92 Å². The summed E-state index contributed by atoms with van der Waals surface area (Å²) in [5.41, 5.74) is 0.621. The maximum atomic E-state index is 11.6. The van der Waals surface area contributed by atoms with Crippen molar-refractivity contribution in [2.75, 3.05) is 12.9 Å². The summed E-state index contributed by atoms with van der Waals surface area (Å²) in [4.78, 5) is 15.6. The number of rotatable bonds is 4. The molecule has 1 amide bonds. The Bertz CT molecular complexity index is 525. The number of sulfonamides is 1. The van der Waals surface area contributed by atoms with Crippen molar-refractivity contribution >= 4 is 15.9 Å². The summed E-state index contributed by atoms with van der Waals surface area (Å²) >= 11 is 0. The molecule has 0 atom stereocenters. The highest BCUT2D eigenvalue weighted by Gasteiger charge is 2.14. The molecule has 0 aliphatic carbocycles. The van der Waals surface area contributed by atoms with E-state index >= 15 is 0 Å². The van der Waals surface area contributed by atoms with Gasteiger partial charge in [-0.1, -0.05) is 0 Å². The van der Waals surface area contributed by atoms with Gasteiger partial charge in [0, 0.05) is 6.07 Å². The van der Waals surface area contributed by atoms with Gasteiger partial charge in [0.2, 0.25) is 15.9 Å². The Kier molecular flexibility index (Phi) is 4.06. The Morgan fingerprint density at radius 1 is 1.47 bits per heavy atom. The molecule has 0 unspecified atom stereocenters. The van der Waals surface area contributed by atoms with E-state index in [0.29, 0.717) is 18.2 Å². The summed E-state index contributed by atoms with van der Waals surface area (Å²) in [7, 11) is -3.57. The molecule has 1 aromatic rings. The van der Waals surface area contributed by atoms with Crippen LogP contribution in [0.25, 0.3) is 0 Å². The van der Waals surface area contributed by atoms with Crippen LogP contribution in [0.1, 0.15) is 23.0 Å². The maximum Gasteiger partial charge on any atom is 0.266 e. The van der Waals surface area contributed by atoms with Crippen molar-refractivity contribution in [3.63, 3.8) is 0 Å². The van der Waals surface area contributed by atoms with Crippen molar-refractivity contribution in [1.82, 2.24) is 9.71 Å². The number of pyridine rings is 1. The number of nitrogens with one attached hydrogen (secondary N) is 1. The standard InChI is InChI=1S/C10H14N2O4S/c1-4-16-9-6-5-8(7(2)11-9)10(13)12-17(3,14)15/h5-6H,4H2,1-3H3,(H,12,13). The van der Waals surface area contributed by atoms with Gasteiger partial charge < -0.3 is 4.74 Å². The predicted molar refractivity (Wildman–Crippen MR) is 62.5 cm³/mol. The van der Waals surface area contributed by atoms with E-state index in [2.05, 4.69) is 4.98 Å². The minimum atomic E-state index is -3.57. The number of nitrogens with zero attached hydrogens (tertiary/aromatic N) is 1. The van der Waals surface area contributed by atoms with Crippen molar-refractivity contribution in [2.45, 2.75) is 13.8 Å². The van der Waals surface area contributed by atoms with Gasteiger partial charge in [0.25, 0.3) is 5.91 Å². The SMILES string of the molecule is CCOc1ccc(C(=O)NS(C)(=O)=O)c(C)n1. The van der Waals surface area contributed by atoms with Crippen LogP contribution in [0.4, 0.5) is 0 Å². The average Bonchev–Trinajstić information content (AvgIpc) is 2.15. The first-order valence-corrected chi connectivity index (χ1v) is 6.85. The van der Waals surface area contributed by atoms with Gasteiger partial charge in [0.1, 0.15) is 0 Å². The zero-order valence-corrected chi connectivity index (χ0v) is 10.7. The van der Waals surface area contributed by atoms with Gasteiger partial charge in [-0.05, 0) is 19.9 Å². The normalized spacial score (nSPS) is 11.0. The van der Waals surface area contributed by atoms with Crippen LogP contribution < -0.4 is 9.46 Å². The zero-order valence-electron chi connectivity index (χ0n) is 9.85. The van der Waals surface area contributed by atoms with Crippen LogP contribution in [0.2, 0.25) is 0 Å². The monoisotopic (exact) mass is 258 g/mol. The summed E-state index contributed by atoms with van der Waals surface area (Å²) in [6.07, 6.45) is 0.919. The Labute approximate surface area is 100 Å². The van der Waals surface area contributed by atoms with Gasteiger partial charge in [0.15, 0.2) is 0 Å². The smallest absolute Gasteiger partial charge is 0.266 e. The van der Waals surface area contributed by atoms with Crippen LogP contribution in [-0.2, 0) is 10.0 Å². The molecule has 0 fully saturated rings. The van der Waals surface area contributed by atoms with Crippen LogP contribution in [0.5, 0.6) is 5.88 Å². The first-order chi connectivity index (χ1) is 7.83. The molecule has 0 spiro atoms. The van der Waals surface area contributed by atoms with Crippen LogP contribution in [0, 0.1) is 6.92 Å². The summed E-state index contributed by atoms with van der Waals surface area (Å²) in [5.74, 6) is -0.290. The van der Waals surface area contributed by atoms with Crippen molar-refractivity contribution in [3.8, 4) is 5.88 Å². The Hall–Kier alpha value is -1.63. The molecule has 0 aromatic carbocycles. The number of aromatic nitrogens is 1. The van der Waals surface area contributed by atoms with E-state index in [4.69, 9.17) is 4.74 Å². The molecule has 1 aromatic heterocycles. The van der Waals surface area contributed by atoms with E-state index in [-0.39, 0.29) is 5.56 Å². The van der Waals surface area contributed by atoms with Crippen LogP contribution >= 0.6 is 0 Å². The van der Waals surface area contributed by atoms with E-state index in [9.17, 15) is 13.2 Å². The topological polar surface area (TPSA) is 85.4 Å². The number of amides is 1. The molecule has 94 valence electrons. The number of hydrogen-bond donors (Lipinski definition) is 1. The zero-order chi connectivity index (χ0) is 13.1. The number of carbonyl (C=O) groups excluding carboxylic acids is 1. The lowest BCUT2D eigenvalue weighted by atomic mass is 10.2. The second-order valence-electron chi connectivity index (χ2n) is 3.42. The minimum absolute atomic E-state index is 0.207. The third-order valence-corrected chi connectivity index (χ3v) is 2.43. The number of carbonyl (C=O) groups is 1. The number of hydrogen-bond acceptors (Lipinski definition) is 5. The number of aryl methyl sites for hydroxylation is 1. The van der Waals surface area contributed by atoms with Crippen LogP contribution in [-0.4, -0.2) is 32.2 Å². The molecule has 6 nitrogen and oxygen atoms in total. The fraction of sp³-hybridized carbons (Fsp3) is 0.400. The molecular formula is C10H14N2O4S. The molecule has 1 rings (SSSR count). The van der Waals surface area contributed by atoms with Crippen molar-refractivity contribution in [2.24, 2.45) is 0 Å². The highest BCUT2D eigenvalue weighted by atomic mass is 32.2.